The molecule has 5 aromatic rings. The van der Waals surface area contributed by atoms with E-state index in [1.807, 2.05) is 37.8 Å². The van der Waals surface area contributed by atoms with E-state index in [1.165, 1.54) is 0 Å². The van der Waals surface area contributed by atoms with Gasteiger partial charge in [-0.05, 0) is 36.6 Å². The first kappa shape index (κ1) is 18.1. The Balaban J connectivity index is 1.27. The van der Waals surface area contributed by atoms with Crippen molar-refractivity contribution in [3.05, 3.63) is 55.0 Å². The Morgan fingerprint density at radius 2 is 1.97 bits per heavy atom. The van der Waals surface area contributed by atoms with Crippen LogP contribution in [0.5, 0.6) is 0 Å². The zero-order valence-corrected chi connectivity index (χ0v) is 17.2. The maximum Gasteiger partial charge on any atom is 0.142 e. The van der Waals surface area contributed by atoms with Crippen molar-refractivity contribution >= 4 is 27.9 Å². The van der Waals surface area contributed by atoms with Crippen molar-refractivity contribution in [3.63, 3.8) is 0 Å². The SMILES string of the molecule is Cn1cc(-c2ccc3nc(C4(N)CCN(c5ncnc6[nH]ccc56)CC4)[nH]c3c2)cn1. The Labute approximate surface area is 178 Å². The predicted molar refractivity (Wildman–Crippen MR) is 119 cm³/mol. The number of aryl methyl sites for hydroxylation is 1. The lowest BCUT2D eigenvalue weighted by atomic mass is 9.88. The molecule has 1 saturated heterocycles. The van der Waals surface area contributed by atoms with E-state index in [2.05, 4.69) is 42.1 Å². The number of hydrogen-bond acceptors (Lipinski definition) is 6. The number of benzene rings is 1. The minimum Gasteiger partial charge on any atom is -0.356 e. The number of aromatic nitrogens is 7. The minimum atomic E-state index is -0.492. The molecule has 31 heavy (non-hydrogen) atoms. The first-order valence-electron chi connectivity index (χ1n) is 10.4. The molecule has 0 radical (unpaired) electrons. The van der Waals surface area contributed by atoms with E-state index < -0.39 is 5.54 Å². The number of anilines is 1. The van der Waals surface area contributed by atoms with E-state index in [9.17, 15) is 0 Å². The average molecular weight is 413 g/mol. The van der Waals surface area contributed by atoms with Gasteiger partial charge in [0.2, 0.25) is 0 Å². The molecule has 9 nitrogen and oxygen atoms in total. The molecule has 0 saturated carbocycles. The fraction of sp³-hybridized carbons (Fsp3) is 0.273. The third-order valence-corrected chi connectivity index (χ3v) is 6.28. The van der Waals surface area contributed by atoms with Gasteiger partial charge in [-0.3, -0.25) is 4.68 Å². The van der Waals surface area contributed by atoms with Crippen LogP contribution in [0.15, 0.2) is 49.2 Å². The summed E-state index contributed by atoms with van der Waals surface area (Å²) < 4.78 is 1.81. The lowest BCUT2D eigenvalue weighted by Crippen LogP contribution is -2.49. The van der Waals surface area contributed by atoms with E-state index in [0.29, 0.717) is 0 Å². The van der Waals surface area contributed by atoms with Crippen LogP contribution in [-0.2, 0) is 12.6 Å². The van der Waals surface area contributed by atoms with Gasteiger partial charge in [0.15, 0.2) is 0 Å². The third kappa shape index (κ3) is 2.97. The standard InChI is InChI=1S/C22H23N9/c1-30-12-15(11-27-30)14-2-3-17-18(10-14)29-21(28-17)22(23)5-8-31(9-6-22)20-16-4-7-24-19(16)25-13-26-20/h2-4,7,10-13H,5-6,8-9,23H2,1H3,(H,28,29)(H,24,25,26). The third-order valence-electron chi connectivity index (χ3n) is 6.28. The van der Waals surface area contributed by atoms with Gasteiger partial charge in [-0.15, -0.1) is 0 Å². The van der Waals surface area contributed by atoms with E-state index in [-0.39, 0.29) is 0 Å². The summed E-state index contributed by atoms with van der Waals surface area (Å²) in [6.07, 6.45) is 8.96. The normalized spacial score (nSPS) is 16.4. The van der Waals surface area contributed by atoms with Gasteiger partial charge < -0.3 is 20.6 Å². The van der Waals surface area contributed by atoms with Gasteiger partial charge in [0.05, 0.1) is 28.2 Å². The highest BCUT2D eigenvalue weighted by molar-refractivity contribution is 5.87. The van der Waals surface area contributed by atoms with Crippen molar-refractivity contribution in [3.8, 4) is 11.1 Å². The van der Waals surface area contributed by atoms with Crippen LogP contribution in [0.25, 0.3) is 33.2 Å². The Morgan fingerprint density at radius 3 is 2.77 bits per heavy atom. The second kappa shape index (κ2) is 6.64. The van der Waals surface area contributed by atoms with Crippen molar-refractivity contribution in [2.24, 2.45) is 12.8 Å². The topological polar surface area (TPSA) is 117 Å². The molecule has 4 aromatic heterocycles. The van der Waals surface area contributed by atoms with Crippen LogP contribution in [0, 0.1) is 0 Å². The molecule has 0 amide bonds. The highest BCUT2D eigenvalue weighted by Crippen LogP contribution is 2.34. The smallest absolute Gasteiger partial charge is 0.142 e. The maximum atomic E-state index is 6.86. The Morgan fingerprint density at radius 1 is 1.10 bits per heavy atom. The molecular weight excluding hydrogens is 390 g/mol. The van der Waals surface area contributed by atoms with Gasteiger partial charge in [0.1, 0.15) is 23.6 Å². The molecule has 1 aromatic carbocycles. The molecule has 0 unspecified atom stereocenters. The summed E-state index contributed by atoms with van der Waals surface area (Å²) in [5.41, 5.74) is 11.3. The summed E-state index contributed by atoms with van der Waals surface area (Å²) in [7, 11) is 1.92. The molecule has 0 aliphatic carbocycles. The molecule has 4 N–H and O–H groups in total. The predicted octanol–water partition coefficient (Wildman–Crippen LogP) is 2.69. The molecule has 6 rings (SSSR count). The Bertz CT molecular complexity index is 1380. The van der Waals surface area contributed by atoms with E-state index >= 15 is 0 Å². The van der Waals surface area contributed by atoms with Crippen LogP contribution >= 0.6 is 0 Å². The van der Waals surface area contributed by atoms with Gasteiger partial charge in [0.25, 0.3) is 0 Å². The quantitative estimate of drug-likeness (QED) is 0.419. The monoisotopic (exact) mass is 413 g/mol. The van der Waals surface area contributed by atoms with Crippen molar-refractivity contribution in [2.75, 3.05) is 18.0 Å². The van der Waals surface area contributed by atoms with Crippen molar-refractivity contribution in [1.29, 1.82) is 0 Å². The van der Waals surface area contributed by atoms with Crippen molar-refractivity contribution in [2.45, 2.75) is 18.4 Å². The van der Waals surface area contributed by atoms with Gasteiger partial charge in [-0.2, -0.15) is 5.10 Å². The molecule has 5 heterocycles. The van der Waals surface area contributed by atoms with E-state index in [4.69, 9.17) is 10.7 Å². The van der Waals surface area contributed by atoms with Crippen molar-refractivity contribution < 1.29 is 0 Å². The molecule has 0 atom stereocenters. The summed E-state index contributed by atoms with van der Waals surface area (Å²) in [4.78, 5) is 22.6. The van der Waals surface area contributed by atoms with Gasteiger partial charge in [-0.25, -0.2) is 15.0 Å². The number of nitrogens with zero attached hydrogens (tertiary/aromatic N) is 6. The number of nitrogens with two attached hydrogens (primary N) is 1. The summed E-state index contributed by atoms with van der Waals surface area (Å²) in [6.45, 7) is 1.62. The van der Waals surface area contributed by atoms with Crippen LogP contribution in [0.4, 0.5) is 5.82 Å². The van der Waals surface area contributed by atoms with Gasteiger partial charge in [-0.1, -0.05) is 6.07 Å². The van der Waals surface area contributed by atoms with Crippen molar-refractivity contribution in [1.82, 2.24) is 34.7 Å². The highest BCUT2D eigenvalue weighted by Gasteiger charge is 2.36. The number of hydrogen-bond donors (Lipinski definition) is 3. The minimum absolute atomic E-state index is 0.492. The lowest BCUT2D eigenvalue weighted by Gasteiger charge is -2.38. The number of imidazole rings is 1. The van der Waals surface area contributed by atoms with Crippen LogP contribution in [-0.4, -0.2) is 47.8 Å². The molecule has 1 fully saturated rings. The Hall–Kier alpha value is -3.72. The zero-order chi connectivity index (χ0) is 21.0. The number of fused-ring (bicyclic) bond motifs is 2. The van der Waals surface area contributed by atoms with Crippen LogP contribution in [0.2, 0.25) is 0 Å². The number of rotatable bonds is 3. The van der Waals surface area contributed by atoms with Gasteiger partial charge >= 0.3 is 0 Å². The molecule has 156 valence electrons. The second-order valence-electron chi connectivity index (χ2n) is 8.30. The second-order valence-corrected chi connectivity index (χ2v) is 8.30. The highest BCUT2D eigenvalue weighted by atomic mass is 15.2. The first-order chi connectivity index (χ1) is 15.1. The fourth-order valence-corrected chi connectivity index (χ4v) is 4.46. The molecule has 0 bridgehead atoms. The molecule has 1 aliphatic heterocycles. The maximum absolute atomic E-state index is 6.86. The van der Waals surface area contributed by atoms with Crippen LogP contribution in [0.1, 0.15) is 18.7 Å². The molecule has 1 aliphatic rings. The fourth-order valence-electron chi connectivity index (χ4n) is 4.46. The lowest BCUT2D eigenvalue weighted by molar-refractivity contribution is 0.327. The number of piperidine rings is 1. The number of nitrogens with one attached hydrogen (secondary N) is 2. The number of aromatic amines is 2. The first-order valence-corrected chi connectivity index (χ1v) is 10.4. The molecular formula is C22H23N9. The molecule has 0 spiro atoms. The summed E-state index contributed by atoms with van der Waals surface area (Å²) in [5.74, 6) is 1.80. The largest absolute Gasteiger partial charge is 0.356 e. The van der Waals surface area contributed by atoms with Gasteiger partial charge in [0, 0.05) is 38.1 Å². The molecule has 9 heteroatoms. The summed E-state index contributed by atoms with van der Waals surface area (Å²) >= 11 is 0. The zero-order valence-electron chi connectivity index (χ0n) is 17.2. The number of H-pyrrole nitrogens is 2. The van der Waals surface area contributed by atoms with E-state index in [0.717, 1.165) is 70.8 Å². The van der Waals surface area contributed by atoms with E-state index in [1.54, 1.807) is 11.0 Å². The van der Waals surface area contributed by atoms with Crippen LogP contribution in [0.3, 0.4) is 0 Å². The summed E-state index contributed by atoms with van der Waals surface area (Å²) in [6, 6.07) is 8.26. The summed E-state index contributed by atoms with van der Waals surface area (Å²) in [5, 5.41) is 5.31. The average Bonchev–Trinajstić information content (AvgIpc) is 3.52. The van der Waals surface area contributed by atoms with Crippen LogP contribution < -0.4 is 10.6 Å². The Kier molecular flexibility index (Phi) is 3.87.